The predicted molar refractivity (Wildman–Crippen MR) is 69.2 cm³/mol. The highest BCUT2D eigenvalue weighted by Gasteiger charge is 2.08. The van der Waals surface area contributed by atoms with Crippen molar-refractivity contribution in [1.82, 2.24) is 4.90 Å². The van der Waals surface area contributed by atoms with E-state index in [2.05, 4.69) is 18.7 Å². The van der Waals surface area contributed by atoms with E-state index in [9.17, 15) is 0 Å². The highest BCUT2D eigenvalue weighted by atomic mass is 32.1. The number of rotatable bonds is 9. The summed E-state index contributed by atoms with van der Waals surface area (Å²) in [6.07, 6.45) is 3.11. The van der Waals surface area contributed by atoms with Crippen LogP contribution in [0.25, 0.3) is 0 Å². The number of ether oxygens (including phenoxy) is 1. The van der Waals surface area contributed by atoms with E-state index in [1.807, 2.05) is 0 Å². The van der Waals surface area contributed by atoms with Gasteiger partial charge < -0.3 is 15.4 Å². The highest BCUT2D eigenvalue weighted by molar-refractivity contribution is 7.80. The Bertz CT molecular complexity index is 174. The molecular formula is C11H24N2OS. The van der Waals surface area contributed by atoms with E-state index in [1.165, 1.54) is 6.42 Å². The van der Waals surface area contributed by atoms with Gasteiger partial charge in [0.1, 0.15) is 0 Å². The molecule has 0 spiro atoms. The van der Waals surface area contributed by atoms with Gasteiger partial charge in [-0.2, -0.15) is 0 Å². The molecule has 2 N–H and O–H groups in total. The second kappa shape index (κ2) is 9.07. The van der Waals surface area contributed by atoms with Gasteiger partial charge in [-0.05, 0) is 33.2 Å². The summed E-state index contributed by atoms with van der Waals surface area (Å²) in [7, 11) is 1.74. The second-order valence-corrected chi connectivity index (χ2v) is 4.57. The first-order valence-corrected chi connectivity index (χ1v) is 6.00. The molecule has 0 aromatic heterocycles. The minimum Gasteiger partial charge on any atom is -0.393 e. The van der Waals surface area contributed by atoms with Gasteiger partial charge in [-0.3, -0.25) is 0 Å². The number of thiocarbonyl (C=S) groups is 1. The van der Waals surface area contributed by atoms with E-state index in [1.54, 1.807) is 7.11 Å². The molecular weight excluding hydrogens is 208 g/mol. The lowest BCUT2D eigenvalue weighted by Crippen LogP contribution is -2.34. The van der Waals surface area contributed by atoms with Gasteiger partial charge >= 0.3 is 0 Å². The van der Waals surface area contributed by atoms with Crippen LogP contribution in [0.15, 0.2) is 0 Å². The molecule has 0 aliphatic rings. The maximum absolute atomic E-state index is 5.50. The minimum atomic E-state index is 0.557. The molecule has 90 valence electrons. The Labute approximate surface area is 99.0 Å². The Hall–Kier alpha value is -0.190. The molecule has 0 radical (unpaired) electrons. The summed E-state index contributed by atoms with van der Waals surface area (Å²) in [5.41, 5.74) is 5.50. The van der Waals surface area contributed by atoms with Crippen molar-refractivity contribution in [3.8, 4) is 0 Å². The van der Waals surface area contributed by atoms with Gasteiger partial charge in [0.15, 0.2) is 0 Å². The van der Waals surface area contributed by atoms with Gasteiger partial charge in [-0.25, -0.2) is 0 Å². The Balaban J connectivity index is 3.68. The number of nitrogens with zero attached hydrogens (tertiary/aromatic N) is 1. The van der Waals surface area contributed by atoms with Gasteiger partial charge in [0.25, 0.3) is 0 Å². The van der Waals surface area contributed by atoms with Crippen LogP contribution < -0.4 is 5.73 Å². The van der Waals surface area contributed by atoms with Crippen molar-refractivity contribution in [1.29, 1.82) is 0 Å². The first kappa shape index (κ1) is 14.8. The monoisotopic (exact) mass is 232 g/mol. The van der Waals surface area contributed by atoms with Crippen LogP contribution >= 0.6 is 12.2 Å². The SMILES string of the molecule is COCCCCN(CCC(N)=S)C(C)C. The summed E-state index contributed by atoms with van der Waals surface area (Å²) < 4.78 is 5.02. The lowest BCUT2D eigenvalue weighted by Gasteiger charge is -2.26. The van der Waals surface area contributed by atoms with Crippen LogP contribution in [0.3, 0.4) is 0 Å². The van der Waals surface area contributed by atoms with E-state index >= 15 is 0 Å². The number of unbranched alkanes of at least 4 members (excludes halogenated alkanes) is 1. The molecule has 0 rings (SSSR count). The van der Waals surface area contributed by atoms with E-state index < -0.39 is 0 Å². The van der Waals surface area contributed by atoms with Crippen LogP contribution in [0, 0.1) is 0 Å². The lowest BCUT2D eigenvalue weighted by atomic mass is 10.2. The first-order valence-electron chi connectivity index (χ1n) is 5.59. The molecule has 0 fully saturated rings. The predicted octanol–water partition coefficient (Wildman–Crippen LogP) is 1.80. The second-order valence-electron chi connectivity index (χ2n) is 4.05. The zero-order chi connectivity index (χ0) is 11.7. The Morgan fingerprint density at radius 2 is 2.00 bits per heavy atom. The summed E-state index contributed by atoms with van der Waals surface area (Å²) in [6, 6.07) is 0.557. The van der Waals surface area contributed by atoms with Crippen LogP contribution in [0.1, 0.15) is 33.1 Å². The number of nitrogens with two attached hydrogens (primary N) is 1. The van der Waals surface area contributed by atoms with E-state index in [0.717, 1.165) is 32.5 Å². The Morgan fingerprint density at radius 3 is 2.47 bits per heavy atom. The fourth-order valence-electron chi connectivity index (χ4n) is 1.44. The lowest BCUT2D eigenvalue weighted by molar-refractivity contribution is 0.176. The highest BCUT2D eigenvalue weighted by Crippen LogP contribution is 2.03. The van der Waals surface area contributed by atoms with E-state index in [0.29, 0.717) is 11.0 Å². The Kier molecular flexibility index (Phi) is 8.95. The van der Waals surface area contributed by atoms with Crippen molar-refractivity contribution in [2.75, 3.05) is 26.8 Å². The normalized spacial score (nSPS) is 11.3. The van der Waals surface area contributed by atoms with Crippen LogP contribution in [-0.4, -0.2) is 42.7 Å². The molecule has 0 amide bonds. The van der Waals surface area contributed by atoms with Crippen molar-refractivity contribution in [3.63, 3.8) is 0 Å². The zero-order valence-electron chi connectivity index (χ0n) is 10.2. The molecule has 0 aliphatic heterocycles. The Morgan fingerprint density at radius 1 is 1.33 bits per heavy atom. The molecule has 0 aromatic carbocycles. The first-order chi connectivity index (χ1) is 7.07. The van der Waals surface area contributed by atoms with Crippen molar-refractivity contribution in [2.45, 2.75) is 39.2 Å². The van der Waals surface area contributed by atoms with E-state index in [-0.39, 0.29) is 0 Å². The van der Waals surface area contributed by atoms with Gasteiger partial charge in [0, 0.05) is 32.7 Å². The summed E-state index contributed by atoms with van der Waals surface area (Å²) in [5, 5.41) is 0. The average Bonchev–Trinajstić information content (AvgIpc) is 2.15. The third-order valence-corrected chi connectivity index (χ3v) is 2.62. The quantitative estimate of drug-likeness (QED) is 0.486. The van der Waals surface area contributed by atoms with E-state index in [4.69, 9.17) is 22.7 Å². The molecule has 4 heteroatoms. The molecule has 0 atom stereocenters. The molecule has 3 nitrogen and oxygen atoms in total. The maximum Gasteiger partial charge on any atom is 0.0740 e. The van der Waals surface area contributed by atoms with Crippen molar-refractivity contribution < 1.29 is 4.74 Å². The van der Waals surface area contributed by atoms with Crippen LogP contribution in [0.2, 0.25) is 0 Å². The van der Waals surface area contributed by atoms with Crippen LogP contribution in [-0.2, 0) is 4.74 Å². The van der Waals surface area contributed by atoms with Crippen molar-refractivity contribution in [3.05, 3.63) is 0 Å². The van der Waals surface area contributed by atoms with Crippen LogP contribution in [0.4, 0.5) is 0 Å². The molecule has 0 aliphatic carbocycles. The van der Waals surface area contributed by atoms with Gasteiger partial charge in [0.05, 0.1) is 4.99 Å². The summed E-state index contributed by atoms with van der Waals surface area (Å²) in [4.78, 5) is 3.02. The summed E-state index contributed by atoms with van der Waals surface area (Å²) in [6.45, 7) is 7.33. The largest absolute Gasteiger partial charge is 0.393 e. The molecule has 0 saturated heterocycles. The van der Waals surface area contributed by atoms with Gasteiger partial charge in [0.2, 0.25) is 0 Å². The molecule has 0 aromatic rings. The van der Waals surface area contributed by atoms with Gasteiger partial charge in [-0.1, -0.05) is 12.2 Å². The smallest absolute Gasteiger partial charge is 0.0740 e. The fraction of sp³-hybridized carbons (Fsp3) is 0.909. The third kappa shape index (κ3) is 8.78. The minimum absolute atomic E-state index is 0.557. The zero-order valence-corrected chi connectivity index (χ0v) is 11.0. The number of hydrogen-bond acceptors (Lipinski definition) is 3. The van der Waals surface area contributed by atoms with Gasteiger partial charge in [-0.15, -0.1) is 0 Å². The molecule has 0 bridgehead atoms. The fourth-order valence-corrected chi connectivity index (χ4v) is 1.53. The molecule has 15 heavy (non-hydrogen) atoms. The topological polar surface area (TPSA) is 38.5 Å². The molecule has 0 unspecified atom stereocenters. The number of methoxy groups -OCH3 is 1. The number of hydrogen-bond donors (Lipinski definition) is 1. The molecule has 0 heterocycles. The molecule has 0 saturated carbocycles. The van der Waals surface area contributed by atoms with Crippen molar-refractivity contribution >= 4 is 17.2 Å². The summed E-state index contributed by atoms with van der Waals surface area (Å²) in [5.74, 6) is 0. The maximum atomic E-state index is 5.50. The third-order valence-electron chi connectivity index (χ3n) is 2.42. The van der Waals surface area contributed by atoms with Crippen molar-refractivity contribution in [2.24, 2.45) is 5.73 Å². The van der Waals surface area contributed by atoms with Crippen LogP contribution in [0.5, 0.6) is 0 Å². The summed E-state index contributed by atoms with van der Waals surface area (Å²) >= 11 is 4.89. The average molecular weight is 232 g/mol. The standard InChI is InChI=1S/C11H24N2OS/c1-10(2)13(8-6-11(12)15)7-4-5-9-14-3/h10H,4-9H2,1-3H3,(H2,12,15).